The van der Waals surface area contributed by atoms with Crippen LogP contribution < -0.4 is 0 Å². The monoisotopic (exact) mass is 486 g/mol. The summed E-state index contributed by atoms with van der Waals surface area (Å²) in [6.07, 6.45) is 18.5. The molecular weight excluding hydrogens is 434 g/mol. The molecule has 0 aromatic carbocycles. The fraction of sp³-hybridized carbons (Fsp3) is 0.889. The van der Waals surface area contributed by atoms with Gasteiger partial charge in [0, 0.05) is 19.3 Å². The van der Waals surface area contributed by atoms with Crippen LogP contribution in [-0.4, -0.2) is 63.9 Å². The third-order valence-electron chi connectivity index (χ3n) is 6.81. The minimum absolute atomic E-state index is 0.0937. The topological polar surface area (TPSA) is 112 Å². The van der Waals surface area contributed by atoms with E-state index in [-0.39, 0.29) is 19.3 Å². The maximum atomic E-state index is 11.0. The van der Waals surface area contributed by atoms with Crippen molar-refractivity contribution in [2.45, 2.75) is 129 Å². The van der Waals surface area contributed by atoms with E-state index in [4.69, 9.17) is 15.3 Å². The molecule has 0 amide bonds. The highest BCUT2D eigenvalue weighted by molar-refractivity contribution is 5.67. The van der Waals surface area contributed by atoms with E-state index >= 15 is 0 Å². The maximum absolute atomic E-state index is 11.0. The molecule has 0 aliphatic carbocycles. The van der Waals surface area contributed by atoms with Crippen LogP contribution in [0.2, 0.25) is 0 Å². The number of hydrogen-bond donors (Lipinski definition) is 3. The molecule has 7 nitrogen and oxygen atoms in total. The van der Waals surface area contributed by atoms with Crippen molar-refractivity contribution in [1.82, 2.24) is 0 Å². The molecular formula is C27H52NO6+. The van der Waals surface area contributed by atoms with Crippen LogP contribution in [0.15, 0.2) is 0 Å². The van der Waals surface area contributed by atoms with Gasteiger partial charge in [-0.15, -0.1) is 0 Å². The van der Waals surface area contributed by atoms with Crippen LogP contribution in [-0.2, 0) is 14.4 Å². The van der Waals surface area contributed by atoms with Gasteiger partial charge in [-0.25, -0.2) is 0 Å². The zero-order valence-electron chi connectivity index (χ0n) is 21.8. The lowest BCUT2D eigenvalue weighted by Crippen LogP contribution is -2.51. The Kier molecular flexibility index (Phi) is 20.8. The van der Waals surface area contributed by atoms with Crippen LogP contribution in [0.1, 0.15) is 129 Å². The van der Waals surface area contributed by atoms with E-state index in [2.05, 4.69) is 6.92 Å². The molecule has 7 heteroatoms. The van der Waals surface area contributed by atoms with E-state index in [0.29, 0.717) is 43.4 Å². The highest BCUT2D eigenvalue weighted by Crippen LogP contribution is 2.19. The summed E-state index contributed by atoms with van der Waals surface area (Å²) >= 11 is 0. The Balaban J connectivity index is 4.40. The molecule has 0 unspecified atom stereocenters. The van der Waals surface area contributed by atoms with Gasteiger partial charge in [0.1, 0.15) is 0 Å². The SMILES string of the molecule is CCCCCCCCCCCCCCC[N+](CCCC(=O)O)(CCCC(=O)O)CCCC(=O)O. The largest absolute Gasteiger partial charge is 0.481 e. The van der Waals surface area contributed by atoms with Gasteiger partial charge >= 0.3 is 17.9 Å². The third kappa shape index (κ3) is 20.9. The fourth-order valence-electron chi connectivity index (χ4n) is 4.83. The van der Waals surface area contributed by atoms with Crippen molar-refractivity contribution >= 4 is 17.9 Å². The fourth-order valence-corrected chi connectivity index (χ4v) is 4.83. The minimum Gasteiger partial charge on any atom is -0.481 e. The van der Waals surface area contributed by atoms with Gasteiger partial charge in [-0.2, -0.15) is 0 Å². The van der Waals surface area contributed by atoms with E-state index in [0.717, 1.165) is 19.4 Å². The standard InChI is InChI=1S/C27H51NO6/c1-2-3-4-5-6-7-8-9-10-11-12-13-14-21-28(22-15-18-25(29)30,23-16-19-26(31)32)24-17-20-27(33)34/h2-24H2,1H3,(H2-,29,30,31,32,33,34)/p+1. The second-order valence-electron chi connectivity index (χ2n) is 9.97. The second-order valence-corrected chi connectivity index (χ2v) is 9.97. The van der Waals surface area contributed by atoms with Crippen molar-refractivity contribution in [3.63, 3.8) is 0 Å². The summed E-state index contributed by atoms with van der Waals surface area (Å²) in [4.78, 5) is 33.0. The van der Waals surface area contributed by atoms with Gasteiger partial charge in [-0.3, -0.25) is 14.4 Å². The summed E-state index contributed by atoms with van der Waals surface area (Å²) in [6, 6.07) is 0. The number of carbonyl (C=O) groups is 3. The van der Waals surface area contributed by atoms with Crippen LogP contribution in [0, 0.1) is 0 Å². The average Bonchev–Trinajstić information content (AvgIpc) is 2.76. The number of aliphatic carboxylic acids is 3. The summed E-state index contributed by atoms with van der Waals surface area (Å²) in [5.41, 5.74) is 0. The summed E-state index contributed by atoms with van der Waals surface area (Å²) < 4.78 is 0.645. The molecule has 200 valence electrons. The molecule has 0 aliphatic rings. The summed E-state index contributed by atoms with van der Waals surface area (Å²) in [5, 5.41) is 27.1. The van der Waals surface area contributed by atoms with E-state index in [1.807, 2.05) is 0 Å². The highest BCUT2D eigenvalue weighted by atomic mass is 16.4. The van der Waals surface area contributed by atoms with Crippen molar-refractivity contribution in [2.24, 2.45) is 0 Å². The zero-order chi connectivity index (χ0) is 25.5. The molecule has 34 heavy (non-hydrogen) atoms. The lowest BCUT2D eigenvalue weighted by Gasteiger charge is -2.39. The van der Waals surface area contributed by atoms with E-state index < -0.39 is 17.9 Å². The Hall–Kier alpha value is -1.63. The molecule has 0 saturated carbocycles. The van der Waals surface area contributed by atoms with Crippen LogP contribution in [0.25, 0.3) is 0 Å². The van der Waals surface area contributed by atoms with Gasteiger partial charge in [0.25, 0.3) is 0 Å². The number of carboxylic acid groups (broad SMARTS) is 3. The van der Waals surface area contributed by atoms with Gasteiger partial charge in [-0.1, -0.05) is 77.6 Å². The van der Waals surface area contributed by atoms with E-state index in [9.17, 15) is 14.4 Å². The van der Waals surface area contributed by atoms with E-state index in [1.54, 1.807) is 0 Å². The van der Waals surface area contributed by atoms with Gasteiger partial charge in [0.15, 0.2) is 0 Å². The average molecular weight is 487 g/mol. The Morgan fingerprint density at radius 1 is 0.441 bits per heavy atom. The van der Waals surface area contributed by atoms with Crippen molar-refractivity contribution in [1.29, 1.82) is 0 Å². The predicted molar refractivity (Wildman–Crippen MR) is 136 cm³/mol. The first-order chi connectivity index (χ1) is 16.3. The smallest absolute Gasteiger partial charge is 0.303 e. The molecule has 0 aliphatic heterocycles. The highest BCUT2D eigenvalue weighted by Gasteiger charge is 2.27. The normalized spacial score (nSPS) is 11.6. The minimum atomic E-state index is -0.824. The number of rotatable bonds is 26. The lowest BCUT2D eigenvalue weighted by atomic mass is 10.0. The van der Waals surface area contributed by atoms with Crippen molar-refractivity contribution < 1.29 is 34.2 Å². The number of nitrogens with zero attached hydrogens (tertiary/aromatic N) is 1. The van der Waals surface area contributed by atoms with Gasteiger partial charge in [0.2, 0.25) is 0 Å². The molecule has 0 aromatic heterocycles. The molecule has 0 fully saturated rings. The van der Waals surface area contributed by atoms with E-state index in [1.165, 1.54) is 70.6 Å². The lowest BCUT2D eigenvalue weighted by molar-refractivity contribution is -0.929. The molecule has 0 rings (SSSR count). The van der Waals surface area contributed by atoms with Crippen LogP contribution in [0.5, 0.6) is 0 Å². The quantitative estimate of drug-likeness (QED) is 0.0951. The molecule has 0 heterocycles. The van der Waals surface area contributed by atoms with Gasteiger partial charge in [-0.05, 0) is 12.8 Å². The van der Waals surface area contributed by atoms with Crippen molar-refractivity contribution in [3.8, 4) is 0 Å². The molecule has 0 atom stereocenters. The molecule has 0 spiro atoms. The summed E-state index contributed by atoms with van der Waals surface area (Å²) in [6.45, 7) is 5.13. The second kappa shape index (κ2) is 21.9. The number of carboxylic acids is 3. The van der Waals surface area contributed by atoms with Gasteiger partial charge in [0.05, 0.1) is 45.4 Å². The first-order valence-electron chi connectivity index (χ1n) is 13.8. The molecule has 0 radical (unpaired) electrons. The predicted octanol–water partition coefficient (Wildman–Crippen LogP) is 6.49. The Bertz CT molecular complexity index is 487. The van der Waals surface area contributed by atoms with Crippen molar-refractivity contribution in [2.75, 3.05) is 26.2 Å². The maximum Gasteiger partial charge on any atom is 0.303 e. The number of quaternary nitrogens is 1. The van der Waals surface area contributed by atoms with Crippen LogP contribution in [0.4, 0.5) is 0 Å². The van der Waals surface area contributed by atoms with Crippen LogP contribution >= 0.6 is 0 Å². The Morgan fingerprint density at radius 3 is 1.00 bits per heavy atom. The van der Waals surface area contributed by atoms with Gasteiger partial charge < -0.3 is 19.8 Å². The Labute approximate surface area is 207 Å². The number of unbranched alkanes of at least 4 members (excludes halogenated alkanes) is 12. The molecule has 0 bridgehead atoms. The number of hydrogen-bond acceptors (Lipinski definition) is 3. The summed E-state index contributed by atoms with van der Waals surface area (Å²) in [7, 11) is 0. The van der Waals surface area contributed by atoms with Crippen molar-refractivity contribution in [3.05, 3.63) is 0 Å². The zero-order valence-corrected chi connectivity index (χ0v) is 21.8. The summed E-state index contributed by atoms with van der Waals surface area (Å²) in [5.74, 6) is -2.47. The molecule has 0 aromatic rings. The first-order valence-corrected chi connectivity index (χ1v) is 13.8. The Morgan fingerprint density at radius 2 is 0.706 bits per heavy atom. The van der Waals surface area contributed by atoms with Crippen LogP contribution in [0.3, 0.4) is 0 Å². The first kappa shape index (κ1) is 32.4. The third-order valence-corrected chi connectivity index (χ3v) is 6.81. The molecule has 3 N–H and O–H groups in total. The molecule has 0 saturated heterocycles.